The second kappa shape index (κ2) is 8.20. The molecule has 0 radical (unpaired) electrons. The summed E-state index contributed by atoms with van der Waals surface area (Å²) < 4.78 is 19.1. The molecule has 168 valence electrons. The van der Waals surface area contributed by atoms with Gasteiger partial charge < -0.3 is 19.4 Å². The summed E-state index contributed by atoms with van der Waals surface area (Å²) in [5, 5.41) is 0. The van der Waals surface area contributed by atoms with Crippen molar-refractivity contribution >= 4 is 17.5 Å². The minimum Gasteiger partial charge on any atom is -0.492 e. The first kappa shape index (κ1) is 20.9. The SMILES string of the molecule is CN1CCCN(C(=O)CN2C(=O)[C@@]3(COc4ccc(F)cc4)C[C@H]3c3ccccc32)CC1. The highest BCUT2D eigenvalue weighted by Gasteiger charge is 2.66. The Hall–Kier alpha value is -2.93. The summed E-state index contributed by atoms with van der Waals surface area (Å²) in [6.45, 7) is 3.48. The highest BCUT2D eigenvalue weighted by molar-refractivity contribution is 6.07. The molecule has 1 saturated carbocycles. The number of anilines is 1. The van der Waals surface area contributed by atoms with Crippen LogP contribution >= 0.6 is 0 Å². The van der Waals surface area contributed by atoms with E-state index in [0.29, 0.717) is 25.3 Å². The average Bonchev–Trinajstić information content (AvgIpc) is 3.58. The van der Waals surface area contributed by atoms with Crippen molar-refractivity contribution in [1.29, 1.82) is 0 Å². The van der Waals surface area contributed by atoms with E-state index in [1.54, 1.807) is 17.0 Å². The number of hydrogen-bond donors (Lipinski definition) is 0. The summed E-state index contributed by atoms with van der Waals surface area (Å²) in [6.07, 6.45) is 1.63. The summed E-state index contributed by atoms with van der Waals surface area (Å²) in [5.41, 5.74) is 1.26. The lowest BCUT2D eigenvalue weighted by atomic mass is 9.92. The van der Waals surface area contributed by atoms with E-state index in [1.807, 2.05) is 29.2 Å². The largest absolute Gasteiger partial charge is 0.492 e. The maximum absolute atomic E-state index is 13.7. The van der Waals surface area contributed by atoms with Gasteiger partial charge in [0.25, 0.3) is 0 Å². The number of benzene rings is 2. The highest BCUT2D eigenvalue weighted by Crippen LogP contribution is 2.65. The van der Waals surface area contributed by atoms with E-state index in [2.05, 4.69) is 11.9 Å². The fourth-order valence-corrected chi connectivity index (χ4v) is 5.01. The summed E-state index contributed by atoms with van der Waals surface area (Å²) in [6, 6.07) is 13.7. The van der Waals surface area contributed by atoms with Crippen LogP contribution in [0.2, 0.25) is 0 Å². The number of nitrogens with zero attached hydrogens (tertiary/aromatic N) is 3. The van der Waals surface area contributed by atoms with Gasteiger partial charge in [-0.2, -0.15) is 0 Å². The van der Waals surface area contributed by atoms with Gasteiger partial charge in [-0.05, 0) is 62.3 Å². The Morgan fingerprint density at radius 3 is 2.69 bits per heavy atom. The molecule has 0 bridgehead atoms. The standard InChI is InChI=1S/C25H28FN3O3/c1-27-11-4-12-28(14-13-27)23(30)16-29-22-6-3-2-5-20(22)21-15-25(21,24(29)31)17-32-19-9-7-18(26)8-10-19/h2-3,5-10,21H,4,11-17H2,1H3/t21-,25+/m0/s1. The van der Waals surface area contributed by atoms with Crippen molar-refractivity contribution in [1.82, 2.24) is 9.80 Å². The molecule has 2 atom stereocenters. The number of halogens is 1. The number of hydrogen-bond acceptors (Lipinski definition) is 4. The van der Waals surface area contributed by atoms with Gasteiger partial charge in [-0.1, -0.05) is 18.2 Å². The minimum absolute atomic E-state index is 0.0165. The van der Waals surface area contributed by atoms with Gasteiger partial charge in [0.05, 0.1) is 5.41 Å². The molecule has 1 aliphatic carbocycles. The first-order valence-electron chi connectivity index (χ1n) is 11.2. The predicted molar refractivity (Wildman–Crippen MR) is 119 cm³/mol. The number of amides is 2. The summed E-state index contributed by atoms with van der Waals surface area (Å²) in [5.74, 6) is 0.229. The number of likely N-dealkylation sites (N-methyl/N-ethyl adjacent to an activating group) is 1. The van der Waals surface area contributed by atoms with Crippen molar-refractivity contribution in [3.05, 3.63) is 59.9 Å². The molecule has 0 unspecified atom stereocenters. The smallest absolute Gasteiger partial charge is 0.242 e. The lowest BCUT2D eigenvalue weighted by Gasteiger charge is -2.35. The van der Waals surface area contributed by atoms with Crippen LogP contribution < -0.4 is 9.64 Å². The van der Waals surface area contributed by atoms with Crippen LogP contribution in [0.15, 0.2) is 48.5 Å². The zero-order valence-corrected chi connectivity index (χ0v) is 18.3. The predicted octanol–water partition coefficient (Wildman–Crippen LogP) is 2.89. The van der Waals surface area contributed by atoms with Crippen molar-refractivity contribution in [2.24, 2.45) is 5.41 Å². The Balaban J connectivity index is 1.36. The molecule has 0 spiro atoms. The van der Waals surface area contributed by atoms with Gasteiger partial charge >= 0.3 is 0 Å². The molecule has 6 nitrogen and oxygen atoms in total. The zero-order valence-electron chi connectivity index (χ0n) is 18.3. The van der Waals surface area contributed by atoms with Crippen LogP contribution in [0.5, 0.6) is 5.75 Å². The third-order valence-electron chi connectivity index (χ3n) is 7.02. The molecule has 2 amide bonds. The van der Waals surface area contributed by atoms with Gasteiger partial charge in [-0.25, -0.2) is 4.39 Å². The van der Waals surface area contributed by atoms with E-state index in [9.17, 15) is 14.0 Å². The van der Waals surface area contributed by atoms with E-state index >= 15 is 0 Å². The molecule has 0 N–H and O–H groups in total. The maximum Gasteiger partial charge on any atom is 0.242 e. The molecule has 2 fully saturated rings. The fraction of sp³-hybridized carbons (Fsp3) is 0.440. The van der Waals surface area contributed by atoms with Crippen molar-refractivity contribution in [3.63, 3.8) is 0 Å². The second-order valence-electron chi connectivity index (χ2n) is 9.14. The Morgan fingerprint density at radius 1 is 1.09 bits per heavy atom. The van der Waals surface area contributed by atoms with Crippen LogP contribution in [0.1, 0.15) is 24.3 Å². The van der Waals surface area contributed by atoms with Crippen LogP contribution in [0, 0.1) is 11.2 Å². The third kappa shape index (κ3) is 3.75. The normalized spacial score (nSPS) is 25.1. The molecule has 3 aliphatic rings. The van der Waals surface area contributed by atoms with Gasteiger partial charge in [0.1, 0.15) is 24.7 Å². The van der Waals surface area contributed by atoms with E-state index < -0.39 is 5.41 Å². The molecule has 1 saturated heterocycles. The van der Waals surface area contributed by atoms with Gasteiger partial charge in [-0.3, -0.25) is 9.59 Å². The molecule has 2 aromatic rings. The second-order valence-corrected chi connectivity index (χ2v) is 9.14. The lowest BCUT2D eigenvalue weighted by molar-refractivity contribution is -0.133. The van der Waals surface area contributed by atoms with Crippen LogP contribution in [0.3, 0.4) is 0 Å². The van der Waals surface area contributed by atoms with Crippen LogP contribution in [-0.4, -0.2) is 68.0 Å². The van der Waals surface area contributed by atoms with Crippen molar-refractivity contribution in [2.75, 3.05) is 51.3 Å². The number of fused-ring (bicyclic) bond motifs is 3. The summed E-state index contributed by atoms with van der Waals surface area (Å²) >= 11 is 0. The van der Waals surface area contributed by atoms with E-state index in [4.69, 9.17) is 4.74 Å². The van der Waals surface area contributed by atoms with Gasteiger partial charge in [0.2, 0.25) is 11.8 Å². The number of rotatable bonds is 5. The molecule has 2 aromatic carbocycles. The molecule has 2 aliphatic heterocycles. The quantitative estimate of drug-likeness (QED) is 0.722. The van der Waals surface area contributed by atoms with Crippen molar-refractivity contribution < 1.29 is 18.7 Å². The van der Waals surface area contributed by atoms with Gasteiger partial charge in [0, 0.05) is 31.2 Å². The molecule has 2 heterocycles. The lowest BCUT2D eigenvalue weighted by Crippen LogP contribution is -2.49. The van der Waals surface area contributed by atoms with Crippen LogP contribution in [-0.2, 0) is 9.59 Å². The van der Waals surface area contributed by atoms with Crippen LogP contribution in [0.25, 0.3) is 0 Å². The van der Waals surface area contributed by atoms with Crippen molar-refractivity contribution in [2.45, 2.75) is 18.8 Å². The zero-order chi connectivity index (χ0) is 22.3. The van der Waals surface area contributed by atoms with Crippen LogP contribution in [0.4, 0.5) is 10.1 Å². The topological polar surface area (TPSA) is 53.1 Å². The number of carbonyl (C=O) groups is 2. The molecule has 5 rings (SSSR count). The van der Waals surface area contributed by atoms with Crippen molar-refractivity contribution in [3.8, 4) is 5.75 Å². The number of para-hydroxylation sites is 1. The monoisotopic (exact) mass is 437 g/mol. The molecular weight excluding hydrogens is 409 g/mol. The van der Waals surface area contributed by atoms with Gasteiger partial charge in [0.15, 0.2) is 0 Å². The van der Waals surface area contributed by atoms with E-state index in [1.165, 1.54) is 12.1 Å². The highest BCUT2D eigenvalue weighted by atomic mass is 19.1. The van der Waals surface area contributed by atoms with E-state index in [0.717, 1.165) is 30.8 Å². The van der Waals surface area contributed by atoms with Gasteiger partial charge in [-0.15, -0.1) is 0 Å². The number of carbonyl (C=O) groups excluding carboxylic acids is 2. The molecule has 7 heteroatoms. The average molecular weight is 438 g/mol. The maximum atomic E-state index is 13.7. The first-order chi connectivity index (χ1) is 15.5. The molecule has 32 heavy (non-hydrogen) atoms. The minimum atomic E-state index is -0.665. The first-order valence-corrected chi connectivity index (χ1v) is 11.2. The third-order valence-corrected chi connectivity index (χ3v) is 7.02. The Kier molecular flexibility index (Phi) is 5.37. The van der Waals surface area contributed by atoms with E-state index in [-0.39, 0.29) is 36.7 Å². The summed E-state index contributed by atoms with van der Waals surface area (Å²) in [7, 11) is 2.07. The fourth-order valence-electron chi connectivity index (χ4n) is 5.01. The summed E-state index contributed by atoms with van der Waals surface area (Å²) in [4.78, 5) is 32.6. The Morgan fingerprint density at radius 2 is 1.88 bits per heavy atom. The number of ether oxygens (including phenoxy) is 1. The Labute approximate surface area is 187 Å². The molecule has 0 aromatic heterocycles. The molecular formula is C25H28FN3O3. The Bertz CT molecular complexity index is 1030.